The molecule has 13 heavy (non-hydrogen) atoms. The molecule has 0 heterocycles. The Balaban J connectivity index is 4.04. The summed E-state index contributed by atoms with van der Waals surface area (Å²) in [6.07, 6.45) is 1.66. The van der Waals surface area contributed by atoms with Gasteiger partial charge in [0, 0.05) is 6.54 Å². The first-order valence-electron chi connectivity index (χ1n) is 4.29. The summed E-state index contributed by atoms with van der Waals surface area (Å²) in [4.78, 5) is 0. The van der Waals surface area contributed by atoms with Crippen LogP contribution in [0, 0.1) is 5.92 Å². The van der Waals surface area contributed by atoms with Crippen LogP contribution in [-0.2, 0) is 10.0 Å². The standard InChI is InChI=1S/C8H19NO3S/c1-7(2)5-8(3,10)6-9-13(4,11)12/h7,9-10H,5-6H2,1-4H3. The van der Waals surface area contributed by atoms with Crippen LogP contribution in [0.2, 0.25) is 0 Å². The maximum absolute atomic E-state index is 10.7. The zero-order valence-corrected chi connectivity index (χ0v) is 9.48. The van der Waals surface area contributed by atoms with Crippen molar-refractivity contribution in [3.8, 4) is 0 Å². The van der Waals surface area contributed by atoms with Crippen LogP contribution >= 0.6 is 0 Å². The van der Waals surface area contributed by atoms with E-state index >= 15 is 0 Å². The second-order valence-corrected chi connectivity index (χ2v) is 6.02. The fourth-order valence-corrected chi connectivity index (χ4v) is 1.81. The lowest BCUT2D eigenvalue weighted by Crippen LogP contribution is -2.41. The molecule has 0 aliphatic rings. The number of rotatable bonds is 5. The number of aliphatic hydroxyl groups is 1. The Bertz CT molecular complexity index is 244. The normalized spacial score (nSPS) is 17.4. The van der Waals surface area contributed by atoms with E-state index in [1.54, 1.807) is 6.92 Å². The van der Waals surface area contributed by atoms with Gasteiger partial charge >= 0.3 is 0 Å². The first-order chi connectivity index (χ1) is 5.62. The molecule has 0 amide bonds. The summed E-state index contributed by atoms with van der Waals surface area (Å²) in [7, 11) is -3.20. The van der Waals surface area contributed by atoms with E-state index in [4.69, 9.17) is 0 Å². The van der Waals surface area contributed by atoms with Crippen molar-refractivity contribution in [1.29, 1.82) is 0 Å². The molecule has 0 spiro atoms. The largest absolute Gasteiger partial charge is 0.389 e. The highest BCUT2D eigenvalue weighted by Crippen LogP contribution is 2.15. The minimum absolute atomic E-state index is 0.0734. The predicted octanol–water partition coefficient (Wildman–Crippen LogP) is 0.333. The molecule has 1 unspecified atom stereocenters. The molecule has 0 aromatic rings. The molecule has 0 aliphatic carbocycles. The van der Waals surface area contributed by atoms with Gasteiger partial charge in [-0.2, -0.15) is 0 Å². The summed E-state index contributed by atoms with van der Waals surface area (Å²) in [6.45, 7) is 5.67. The Morgan fingerprint density at radius 1 is 1.46 bits per heavy atom. The van der Waals surface area contributed by atoms with E-state index in [2.05, 4.69) is 4.72 Å². The van der Waals surface area contributed by atoms with Crippen molar-refractivity contribution >= 4 is 10.0 Å². The van der Waals surface area contributed by atoms with Gasteiger partial charge in [0.25, 0.3) is 0 Å². The van der Waals surface area contributed by atoms with Crippen LogP contribution in [0.4, 0.5) is 0 Å². The predicted molar refractivity (Wildman–Crippen MR) is 52.9 cm³/mol. The maximum Gasteiger partial charge on any atom is 0.208 e. The zero-order chi connectivity index (χ0) is 10.7. The van der Waals surface area contributed by atoms with Crippen molar-refractivity contribution in [2.75, 3.05) is 12.8 Å². The molecule has 0 saturated carbocycles. The molecule has 0 aliphatic heterocycles. The van der Waals surface area contributed by atoms with Gasteiger partial charge in [-0.3, -0.25) is 0 Å². The fraction of sp³-hybridized carbons (Fsp3) is 1.00. The second-order valence-electron chi connectivity index (χ2n) is 4.19. The van der Waals surface area contributed by atoms with Crippen molar-refractivity contribution in [3.63, 3.8) is 0 Å². The van der Waals surface area contributed by atoms with E-state index in [1.807, 2.05) is 13.8 Å². The van der Waals surface area contributed by atoms with Crippen molar-refractivity contribution in [3.05, 3.63) is 0 Å². The summed E-state index contributed by atoms with van der Waals surface area (Å²) in [6, 6.07) is 0. The molecule has 2 N–H and O–H groups in total. The van der Waals surface area contributed by atoms with Gasteiger partial charge in [-0.1, -0.05) is 13.8 Å². The van der Waals surface area contributed by atoms with Gasteiger partial charge in [-0.25, -0.2) is 13.1 Å². The van der Waals surface area contributed by atoms with Gasteiger partial charge in [0.15, 0.2) is 0 Å². The molecule has 0 rings (SSSR count). The zero-order valence-electron chi connectivity index (χ0n) is 8.66. The lowest BCUT2D eigenvalue weighted by Gasteiger charge is -2.24. The monoisotopic (exact) mass is 209 g/mol. The second kappa shape index (κ2) is 4.39. The van der Waals surface area contributed by atoms with Crippen molar-refractivity contribution < 1.29 is 13.5 Å². The quantitative estimate of drug-likeness (QED) is 0.686. The highest BCUT2D eigenvalue weighted by atomic mass is 32.2. The van der Waals surface area contributed by atoms with Crippen molar-refractivity contribution in [2.24, 2.45) is 5.92 Å². The van der Waals surface area contributed by atoms with Gasteiger partial charge in [0.2, 0.25) is 10.0 Å². The minimum Gasteiger partial charge on any atom is -0.389 e. The van der Waals surface area contributed by atoms with E-state index in [1.165, 1.54) is 0 Å². The van der Waals surface area contributed by atoms with Crippen LogP contribution in [0.1, 0.15) is 27.2 Å². The Labute approximate surface area is 80.4 Å². The van der Waals surface area contributed by atoms with Crippen LogP contribution in [0.25, 0.3) is 0 Å². The fourth-order valence-electron chi connectivity index (χ4n) is 1.24. The SMILES string of the molecule is CC(C)CC(C)(O)CNS(C)(=O)=O. The van der Waals surface area contributed by atoms with E-state index in [9.17, 15) is 13.5 Å². The van der Waals surface area contributed by atoms with Gasteiger partial charge in [-0.15, -0.1) is 0 Å². The molecule has 5 heteroatoms. The number of hydrogen-bond donors (Lipinski definition) is 2. The van der Waals surface area contributed by atoms with Crippen molar-refractivity contribution in [1.82, 2.24) is 4.72 Å². The maximum atomic E-state index is 10.7. The number of hydrogen-bond acceptors (Lipinski definition) is 3. The average Bonchev–Trinajstić information content (AvgIpc) is 1.79. The molecule has 0 aromatic carbocycles. The molecule has 0 bridgehead atoms. The Morgan fingerprint density at radius 2 is 1.92 bits per heavy atom. The minimum atomic E-state index is -3.20. The van der Waals surface area contributed by atoms with Crippen LogP contribution in [-0.4, -0.2) is 31.9 Å². The molecule has 0 aromatic heterocycles. The molecular formula is C8H19NO3S. The highest BCUT2D eigenvalue weighted by Gasteiger charge is 2.22. The molecule has 0 saturated heterocycles. The van der Waals surface area contributed by atoms with Gasteiger partial charge in [-0.05, 0) is 19.3 Å². The van der Waals surface area contributed by atoms with Gasteiger partial charge < -0.3 is 5.11 Å². The van der Waals surface area contributed by atoms with Crippen LogP contribution in [0.15, 0.2) is 0 Å². The lowest BCUT2D eigenvalue weighted by molar-refractivity contribution is 0.0437. The molecular weight excluding hydrogens is 190 g/mol. The van der Waals surface area contributed by atoms with E-state index in [0.717, 1.165) is 6.26 Å². The Hall–Kier alpha value is -0.130. The summed E-state index contributed by atoms with van der Waals surface area (Å²) in [5.41, 5.74) is -0.961. The molecule has 1 atom stereocenters. The van der Waals surface area contributed by atoms with E-state index < -0.39 is 15.6 Å². The highest BCUT2D eigenvalue weighted by molar-refractivity contribution is 7.88. The smallest absolute Gasteiger partial charge is 0.208 e. The first-order valence-corrected chi connectivity index (χ1v) is 6.18. The summed E-state index contributed by atoms with van der Waals surface area (Å²) < 4.78 is 23.8. The van der Waals surface area contributed by atoms with Crippen LogP contribution in [0.3, 0.4) is 0 Å². The topological polar surface area (TPSA) is 66.4 Å². The third kappa shape index (κ3) is 8.21. The van der Waals surface area contributed by atoms with Crippen LogP contribution in [0.5, 0.6) is 0 Å². The van der Waals surface area contributed by atoms with Gasteiger partial charge in [0.1, 0.15) is 0 Å². The molecule has 4 nitrogen and oxygen atoms in total. The Morgan fingerprint density at radius 3 is 2.23 bits per heavy atom. The van der Waals surface area contributed by atoms with E-state index in [-0.39, 0.29) is 6.54 Å². The molecule has 0 fully saturated rings. The molecule has 80 valence electrons. The van der Waals surface area contributed by atoms with Crippen molar-refractivity contribution in [2.45, 2.75) is 32.8 Å². The first kappa shape index (κ1) is 12.9. The summed E-state index contributed by atoms with van der Waals surface area (Å²) >= 11 is 0. The number of nitrogens with one attached hydrogen (secondary N) is 1. The average molecular weight is 209 g/mol. The third-order valence-corrected chi connectivity index (χ3v) is 2.23. The summed E-state index contributed by atoms with van der Waals surface area (Å²) in [5.74, 6) is 0.344. The summed E-state index contributed by atoms with van der Waals surface area (Å²) in [5, 5.41) is 9.72. The van der Waals surface area contributed by atoms with E-state index in [0.29, 0.717) is 12.3 Å². The lowest BCUT2D eigenvalue weighted by atomic mass is 9.95. The third-order valence-electron chi connectivity index (χ3n) is 1.56. The molecule has 0 radical (unpaired) electrons. The number of sulfonamides is 1. The van der Waals surface area contributed by atoms with Gasteiger partial charge in [0.05, 0.1) is 11.9 Å². The van der Waals surface area contributed by atoms with Crippen LogP contribution < -0.4 is 4.72 Å². The Kier molecular flexibility index (Phi) is 4.35.